The highest BCUT2D eigenvalue weighted by atomic mass is 16.5. The van der Waals surface area contributed by atoms with Gasteiger partial charge in [0.1, 0.15) is 0 Å². The van der Waals surface area contributed by atoms with Gasteiger partial charge in [0.25, 0.3) is 0 Å². The van der Waals surface area contributed by atoms with Gasteiger partial charge in [-0.2, -0.15) is 4.98 Å². The molecule has 0 bridgehead atoms. The summed E-state index contributed by atoms with van der Waals surface area (Å²) in [5, 5.41) is 3.95. The summed E-state index contributed by atoms with van der Waals surface area (Å²) >= 11 is 0. The van der Waals surface area contributed by atoms with Crippen LogP contribution in [0.4, 0.5) is 0 Å². The Morgan fingerprint density at radius 2 is 2.40 bits per heavy atom. The molecule has 1 saturated heterocycles. The van der Waals surface area contributed by atoms with Gasteiger partial charge >= 0.3 is 0 Å². The van der Waals surface area contributed by atoms with Crippen molar-refractivity contribution in [2.75, 3.05) is 13.1 Å². The van der Waals surface area contributed by atoms with Gasteiger partial charge in [0.2, 0.25) is 11.7 Å². The van der Waals surface area contributed by atoms with Crippen molar-refractivity contribution in [1.82, 2.24) is 15.0 Å². The first-order valence-electron chi connectivity index (χ1n) is 7.10. The summed E-state index contributed by atoms with van der Waals surface area (Å²) in [4.78, 5) is 6.70. The van der Waals surface area contributed by atoms with Crippen LogP contribution in [0, 0.1) is 5.92 Å². The highest BCUT2D eigenvalue weighted by Gasteiger charge is 2.26. The summed E-state index contributed by atoms with van der Waals surface area (Å²) in [6.07, 6.45) is 3.74. The summed E-state index contributed by atoms with van der Waals surface area (Å²) in [5.41, 5.74) is 6.12. The molecule has 3 rings (SSSR count). The second kappa shape index (κ2) is 5.76. The molecule has 2 unspecified atom stereocenters. The lowest BCUT2D eigenvalue weighted by atomic mass is 9.91. The first kappa shape index (κ1) is 13.3. The molecule has 3 heterocycles. The third-order valence-corrected chi connectivity index (χ3v) is 3.97. The number of rotatable bonds is 4. The lowest BCUT2D eigenvalue weighted by Gasteiger charge is -2.35. The van der Waals surface area contributed by atoms with Crippen molar-refractivity contribution in [3.05, 3.63) is 24.3 Å². The fourth-order valence-electron chi connectivity index (χ4n) is 2.72. The molecule has 2 aromatic rings. The van der Waals surface area contributed by atoms with E-state index in [0.29, 0.717) is 36.0 Å². The summed E-state index contributed by atoms with van der Waals surface area (Å²) in [6, 6.07) is 3.95. The molecule has 108 valence electrons. The summed E-state index contributed by atoms with van der Waals surface area (Å²) in [5.74, 6) is 2.32. The molecule has 0 spiro atoms. The number of hydrogen-bond acceptors (Lipinski definition) is 6. The van der Waals surface area contributed by atoms with Crippen molar-refractivity contribution in [1.29, 1.82) is 0 Å². The smallest absolute Gasteiger partial charge is 0.241 e. The van der Waals surface area contributed by atoms with E-state index in [0.717, 1.165) is 25.9 Å². The van der Waals surface area contributed by atoms with Crippen molar-refractivity contribution in [2.45, 2.75) is 32.4 Å². The third kappa shape index (κ3) is 2.76. The molecule has 0 radical (unpaired) electrons. The van der Waals surface area contributed by atoms with E-state index in [4.69, 9.17) is 14.7 Å². The molecule has 2 aromatic heterocycles. The third-order valence-electron chi connectivity index (χ3n) is 3.97. The summed E-state index contributed by atoms with van der Waals surface area (Å²) in [7, 11) is 0. The van der Waals surface area contributed by atoms with Gasteiger partial charge in [0.05, 0.1) is 12.8 Å². The van der Waals surface area contributed by atoms with E-state index in [1.54, 1.807) is 6.26 Å². The fraction of sp³-hybridized carbons (Fsp3) is 0.571. The number of nitrogens with two attached hydrogens (primary N) is 1. The Hall–Kier alpha value is -1.66. The highest BCUT2D eigenvalue weighted by molar-refractivity contribution is 5.44. The van der Waals surface area contributed by atoms with Crippen LogP contribution >= 0.6 is 0 Å². The van der Waals surface area contributed by atoms with Crippen molar-refractivity contribution in [3.8, 4) is 11.6 Å². The Morgan fingerprint density at radius 3 is 3.15 bits per heavy atom. The average Bonchev–Trinajstić information content (AvgIpc) is 3.11. The van der Waals surface area contributed by atoms with E-state index in [2.05, 4.69) is 22.0 Å². The van der Waals surface area contributed by atoms with Crippen molar-refractivity contribution in [3.63, 3.8) is 0 Å². The molecule has 1 fully saturated rings. The number of piperidine rings is 1. The Labute approximate surface area is 117 Å². The normalized spacial score (nSPS) is 24.1. The molecular weight excluding hydrogens is 256 g/mol. The summed E-state index contributed by atoms with van der Waals surface area (Å²) < 4.78 is 10.5. The van der Waals surface area contributed by atoms with Gasteiger partial charge in [-0.1, -0.05) is 18.5 Å². The number of likely N-dealkylation sites (tertiary alicyclic amines) is 1. The van der Waals surface area contributed by atoms with Crippen LogP contribution in [0.3, 0.4) is 0 Å². The molecule has 6 nitrogen and oxygen atoms in total. The Morgan fingerprint density at radius 1 is 1.50 bits per heavy atom. The molecule has 6 heteroatoms. The van der Waals surface area contributed by atoms with Gasteiger partial charge in [-0.05, 0) is 24.5 Å². The minimum absolute atomic E-state index is 0.317. The maximum Gasteiger partial charge on any atom is 0.241 e. The lowest BCUT2D eigenvalue weighted by Crippen LogP contribution is -2.46. The number of nitrogens with zero attached hydrogens (tertiary/aromatic N) is 3. The SMILES string of the molecule is CCC1CN(Cc2nc(-c3ccco3)no2)CCC1N. The van der Waals surface area contributed by atoms with Crippen LogP contribution < -0.4 is 5.73 Å². The predicted molar refractivity (Wildman–Crippen MR) is 73.7 cm³/mol. The zero-order valence-electron chi connectivity index (χ0n) is 11.7. The van der Waals surface area contributed by atoms with Gasteiger partial charge in [0, 0.05) is 19.1 Å². The van der Waals surface area contributed by atoms with Gasteiger partial charge < -0.3 is 14.7 Å². The topological polar surface area (TPSA) is 81.3 Å². The van der Waals surface area contributed by atoms with Gasteiger partial charge in [-0.25, -0.2) is 0 Å². The summed E-state index contributed by atoms with van der Waals surface area (Å²) in [6.45, 7) is 4.85. The standard InChI is InChI=1S/C14H20N4O2/c1-2-10-8-18(6-5-11(10)15)9-13-16-14(17-20-13)12-4-3-7-19-12/h3-4,7,10-11H,2,5-6,8-9,15H2,1H3. The molecule has 2 N–H and O–H groups in total. The van der Waals surface area contributed by atoms with E-state index in [9.17, 15) is 0 Å². The van der Waals surface area contributed by atoms with E-state index >= 15 is 0 Å². The molecule has 2 atom stereocenters. The van der Waals surface area contributed by atoms with E-state index < -0.39 is 0 Å². The minimum Gasteiger partial charge on any atom is -0.461 e. The van der Waals surface area contributed by atoms with Crippen LogP contribution in [0.1, 0.15) is 25.7 Å². The monoisotopic (exact) mass is 276 g/mol. The van der Waals surface area contributed by atoms with E-state index in [-0.39, 0.29) is 0 Å². The van der Waals surface area contributed by atoms with Crippen molar-refractivity contribution < 1.29 is 8.94 Å². The van der Waals surface area contributed by atoms with E-state index in [1.165, 1.54) is 0 Å². The van der Waals surface area contributed by atoms with Crippen molar-refractivity contribution >= 4 is 0 Å². The molecule has 0 aliphatic carbocycles. The van der Waals surface area contributed by atoms with Crippen LogP contribution in [0.5, 0.6) is 0 Å². The Kier molecular flexibility index (Phi) is 3.84. The molecule has 0 amide bonds. The molecule has 1 aliphatic heterocycles. The molecule has 1 aliphatic rings. The second-order valence-corrected chi connectivity index (χ2v) is 5.34. The van der Waals surface area contributed by atoms with Gasteiger partial charge in [-0.15, -0.1) is 0 Å². The van der Waals surface area contributed by atoms with Crippen LogP contribution in [0.2, 0.25) is 0 Å². The minimum atomic E-state index is 0.317. The number of aromatic nitrogens is 2. The maximum absolute atomic E-state index is 6.12. The van der Waals surface area contributed by atoms with Crippen LogP contribution in [-0.4, -0.2) is 34.2 Å². The average molecular weight is 276 g/mol. The predicted octanol–water partition coefficient (Wildman–Crippen LogP) is 1.89. The van der Waals surface area contributed by atoms with Crippen molar-refractivity contribution in [2.24, 2.45) is 11.7 Å². The lowest BCUT2D eigenvalue weighted by molar-refractivity contribution is 0.131. The molecule has 0 saturated carbocycles. The largest absolute Gasteiger partial charge is 0.461 e. The molecular formula is C14H20N4O2. The quantitative estimate of drug-likeness (QED) is 0.918. The maximum atomic E-state index is 6.12. The van der Waals surface area contributed by atoms with E-state index in [1.807, 2.05) is 12.1 Å². The first-order valence-corrected chi connectivity index (χ1v) is 7.10. The van der Waals surface area contributed by atoms with Gasteiger partial charge in [0.15, 0.2) is 5.76 Å². The Bertz CT molecular complexity index is 537. The number of hydrogen-bond donors (Lipinski definition) is 1. The van der Waals surface area contributed by atoms with Crippen LogP contribution in [0.15, 0.2) is 27.3 Å². The second-order valence-electron chi connectivity index (χ2n) is 5.34. The zero-order chi connectivity index (χ0) is 13.9. The zero-order valence-corrected chi connectivity index (χ0v) is 11.7. The van der Waals surface area contributed by atoms with Crippen LogP contribution in [0.25, 0.3) is 11.6 Å². The Balaban J connectivity index is 1.64. The number of furan rings is 1. The fourth-order valence-corrected chi connectivity index (χ4v) is 2.72. The van der Waals surface area contributed by atoms with Crippen LogP contribution in [-0.2, 0) is 6.54 Å². The molecule has 0 aromatic carbocycles. The highest BCUT2D eigenvalue weighted by Crippen LogP contribution is 2.21. The first-order chi connectivity index (χ1) is 9.76. The van der Waals surface area contributed by atoms with Gasteiger partial charge in [-0.3, -0.25) is 4.90 Å². The molecule has 20 heavy (non-hydrogen) atoms.